The molecule has 9 heteroatoms. The van der Waals surface area contributed by atoms with Gasteiger partial charge in [-0.3, -0.25) is 5.10 Å². The van der Waals surface area contributed by atoms with Gasteiger partial charge in [0.2, 0.25) is 0 Å². The third kappa shape index (κ3) is 3.25. The van der Waals surface area contributed by atoms with Crippen molar-refractivity contribution in [3.63, 3.8) is 0 Å². The van der Waals surface area contributed by atoms with Crippen molar-refractivity contribution in [1.29, 1.82) is 0 Å². The van der Waals surface area contributed by atoms with Crippen molar-refractivity contribution in [3.05, 3.63) is 29.6 Å². The quantitative estimate of drug-likeness (QED) is 0.728. The van der Waals surface area contributed by atoms with Crippen LogP contribution in [0.4, 0.5) is 17.5 Å². The number of aromatic nitrogens is 6. The molecule has 0 unspecified atom stereocenters. The number of hydrogen-bond acceptors (Lipinski definition) is 7. The number of rotatable bonds is 4. The van der Waals surface area contributed by atoms with Crippen molar-refractivity contribution in [1.82, 2.24) is 30.2 Å². The van der Waals surface area contributed by atoms with Gasteiger partial charge in [-0.1, -0.05) is 5.21 Å². The van der Waals surface area contributed by atoms with Gasteiger partial charge in [-0.15, -0.1) is 5.10 Å². The van der Waals surface area contributed by atoms with E-state index >= 15 is 0 Å². The summed E-state index contributed by atoms with van der Waals surface area (Å²) in [4.78, 5) is 7.19. The van der Waals surface area contributed by atoms with E-state index in [1.165, 1.54) is 0 Å². The zero-order chi connectivity index (χ0) is 19.0. The van der Waals surface area contributed by atoms with E-state index < -0.39 is 0 Å². The fraction of sp³-hybridized carbons (Fsp3) is 0.444. The number of aryl methyl sites for hydroxylation is 2. The Labute approximate surface area is 157 Å². The van der Waals surface area contributed by atoms with Gasteiger partial charge in [-0.2, -0.15) is 5.10 Å². The minimum absolute atomic E-state index is 0.257. The molecule has 1 saturated heterocycles. The van der Waals surface area contributed by atoms with E-state index in [4.69, 9.17) is 9.72 Å². The van der Waals surface area contributed by atoms with Gasteiger partial charge in [0.05, 0.1) is 36.8 Å². The number of anilines is 3. The molecular formula is C18H24N8O. The molecule has 4 heterocycles. The maximum atomic E-state index is 5.59. The lowest BCUT2D eigenvalue weighted by atomic mass is 10.0. The summed E-state index contributed by atoms with van der Waals surface area (Å²) in [6, 6.07) is 4.26. The highest BCUT2D eigenvalue weighted by atomic mass is 16.5. The van der Waals surface area contributed by atoms with Crippen LogP contribution in [0.25, 0.3) is 11.3 Å². The summed E-state index contributed by atoms with van der Waals surface area (Å²) in [5.41, 5.74) is 3.97. The summed E-state index contributed by atoms with van der Waals surface area (Å²) in [6.07, 6.45) is 1.71. The first-order chi connectivity index (χ1) is 13.0. The predicted octanol–water partition coefficient (Wildman–Crippen LogP) is 2.19. The molecule has 27 heavy (non-hydrogen) atoms. The largest absolute Gasteiger partial charge is 0.377 e. The number of aromatic amines is 1. The molecule has 0 bridgehead atoms. The number of nitrogens with one attached hydrogen (secondary N) is 2. The molecule has 3 aromatic heterocycles. The standard InChI is InChI=1S/C18H24N8O/c1-11-10-27-8-7-26(11)16-9-14(17-13(3)22-24-25(17)4)12(2)18(21-16)20-15-5-6-19-23-15/h5-6,9,11H,7-8,10H2,1-4H3,(H2,19,20,21,23)/t11-/m1/s1. The second kappa shape index (κ2) is 6.99. The molecule has 1 fully saturated rings. The number of pyridine rings is 1. The van der Waals surface area contributed by atoms with Crippen molar-refractivity contribution >= 4 is 17.5 Å². The van der Waals surface area contributed by atoms with Gasteiger partial charge < -0.3 is 15.0 Å². The van der Waals surface area contributed by atoms with E-state index in [0.29, 0.717) is 13.2 Å². The molecule has 0 saturated carbocycles. The summed E-state index contributed by atoms with van der Waals surface area (Å²) in [7, 11) is 1.91. The molecule has 0 radical (unpaired) electrons. The highest BCUT2D eigenvalue weighted by Gasteiger charge is 2.24. The van der Waals surface area contributed by atoms with Gasteiger partial charge in [0.25, 0.3) is 0 Å². The first kappa shape index (κ1) is 17.5. The van der Waals surface area contributed by atoms with Crippen LogP contribution in [-0.4, -0.2) is 56.0 Å². The second-order valence-corrected chi connectivity index (χ2v) is 6.86. The van der Waals surface area contributed by atoms with Crippen molar-refractivity contribution in [2.75, 3.05) is 30.0 Å². The highest BCUT2D eigenvalue weighted by Crippen LogP contribution is 2.34. The Balaban J connectivity index is 1.85. The zero-order valence-electron chi connectivity index (χ0n) is 16.0. The maximum absolute atomic E-state index is 5.59. The number of ether oxygens (including phenoxy) is 1. The number of H-pyrrole nitrogens is 1. The molecule has 0 amide bonds. The molecule has 1 aliphatic heterocycles. The summed E-state index contributed by atoms with van der Waals surface area (Å²) in [5.74, 6) is 2.49. The fourth-order valence-electron chi connectivity index (χ4n) is 3.46. The third-order valence-corrected chi connectivity index (χ3v) is 4.93. The minimum atomic E-state index is 0.257. The Morgan fingerprint density at radius 3 is 2.85 bits per heavy atom. The van der Waals surface area contributed by atoms with Crippen LogP contribution in [0.15, 0.2) is 18.3 Å². The molecule has 1 aliphatic rings. The molecule has 0 spiro atoms. The van der Waals surface area contributed by atoms with Crippen LogP contribution in [0.2, 0.25) is 0 Å². The minimum Gasteiger partial charge on any atom is -0.377 e. The van der Waals surface area contributed by atoms with Gasteiger partial charge in [-0.05, 0) is 26.8 Å². The van der Waals surface area contributed by atoms with Crippen molar-refractivity contribution in [3.8, 4) is 11.3 Å². The second-order valence-electron chi connectivity index (χ2n) is 6.86. The Kier molecular flexibility index (Phi) is 4.53. The monoisotopic (exact) mass is 368 g/mol. The number of morpholine rings is 1. The lowest BCUT2D eigenvalue weighted by molar-refractivity contribution is 0.0985. The lowest BCUT2D eigenvalue weighted by Crippen LogP contribution is -2.44. The highest BCUT2D eigenvalue weighted by molar-refractivity contribution is 5.76. The molecule has 3 aromatic rings. The van der Waals surface area contributed by atoms with E-state index in [2.05, 4.69) is 50.6 Å². The molecule has 2 N–H and O–H groups in total. The first-order valence-corrected chi connectivity index (χ1v) is 9.03. The van der Waals surface area contributed by atoms with Crippen LogP contribution in [-0.2, 0) is 11.8 Å². The van der Waals surface area contributed by atoms with E-state index in [-0.39, 0.29) is 6.04 Å². The SMILES string of the molecule is Cc1nnn(C)c1-c1cc(N2CCOC[C@H]2C)nc(Nc2ccn[nH]2)c1C. The molecule has 142 valence electrons. The summed E-state index contributed by atoms with van der Waals surface area (Å²) in [5, 5.41) is 18.7. The van der Waals surface area contributed by atoms with Crippen LogP contribution in [0.5, 0.6) is 0 Å². The molecule has 0 aromatic carbocycles. The zero-order valence-corrected chi connectivity index (χ0v) is 16.0. The molecule has 1 atom stereocenters. The average molecular weight is 368 g/mol. The maximum Gasteiger partial charge on any atom is 0.137 e. The first-order valence-electron chi connectivity index (χ1n) is 9.03. The van der Waals surface area contributed by atoms with Crippen molar-refractivity contribution < 1.29 is 4.74 Å². The summed E-state index contributed by atoms with van der Waals surface area (Å²) < 4.78 is 7.40. The van der Waals surface area contributed by atoms with E-state index in [1.54, 1.807) is 6.20 Å². The summed E-state index contributed by atoms with van der Waals surface area (Å²) >= 11 is 0. The number of hydrogen-bond donors (Lipinski definition) is 2. The van der Waals surface area contributed by atoms with Gasteiger partial charge >= 0.3 is 0 Å². The molecule has 0 aliphatic carbocycles. The van der Waals surface area contributed by atoms with E-state index in [1.807, 2.05) is 24.7 Å². The van der Waals surface area contributed by atoms with Gasteiger partial charge in [0.1, 0.15) is 17.5 Å². The van der Waals surface area contributed by atoms with Crippen LogP contribution in [0, 0.1) is 13.8 Å². The van der Waals surface area contributed by atoms with Gasteiger partial charge in [0.15, 0.2) is 0 Å². The van der Waals surface area contributed by atoms with Crippen molar-refractivity contribution in [2.24, 2.45) is 7.05 Å². The molecule has 4 rings (SSSR count). The van der Waals surface area contributed by atoms with Crippen LogP contribution >= 0.6 is 0 Å². The Morgan fingerprint density at radius 2 is 2.19 bits per heavy atom. The van der Waals surface area contributed by atoms with E-state index in [9.17, 15) is 0 Å². The van der Waals surface area contributed by atoms with E-state index in [0.717, 1.165) is 46.5 Å². The fourth-order valence-corrected chi connectivity index (χ4v) is 3.46. The smallest absolute Gasteiger partial charge is 0.137 e. The van der Waals surface area contributed by atoms with Gasteiger partial charge in [0, 0.05) is 30.8 Å². The summed E-state index contributed by atoms with van der Waals surface area (Å²) in [6.45, 7) is 8.38. The third-order valence-electron chi connectivity index (χ3n) is 4.93. The van der Waals surface area contributed by atoms with Crippen LogP contribution in [0.1, 0.15) is 18.2 Å². The van der Waals surface area contributed by atoms with Gasteiger partial charge in [-0.25, -0.2) is 9.67 Å². The Bertz CT molecular complexity index is 914. The van der Waals surface area contributed by atoms with Crippen LogP contribution < -0.4 is 10.2 Å². The topological polar surface area (TPSA) is 96.8 Å². The van der Waals surface area contributed by atoms with Crippen molar-refractivity contribution in [2.45, 2.75) is 26.8 Å². The molecular weight excluding hydrogens is 344 g/mol. The number of nitrogens with zero attached hydrogens (tertiary/aromatic N) is 6. The Hall–Kier alpha value is -2.94. The predicted molar refractivity (Wildman–Crippen MR) is 103 cm³/mol. The van der Waals surface area contributed by atoms with Crippen LogP contribution in [0.3, 0.4) is 0 Å². The lowest BCUT2D eigenvalue weighted by Gasteiger charge is -2.35. The normalized spacial score (nSPS) is 17.3. The average Bonchev–Trinajstić information content (AvgIpc) is 3.27. The molecule has 9 nitrogen and oxygen atoms in total. The Morgan fingerprint density at radius 1 is 1.33 bits per heavy atom.